The van der Waals surface area contributed by atoms with Gasteiger partial charge in [-0.3, -0.25) is 18.7 Å². The predicted molar refractivity (Wildman–Crippen MR) is 142 cm³/mol. The zero-order chi connectivity index (χ0) is 24.9. The minimum atomic E-state index is -0.246. The molecular weight excluding hydrogens is 470 g/mol. The third-order valence-electron chi connectivity index (χ3n) is 6.02. The van der Waals surface area contributed by atoms with Crippen LogP contribution in [-0.2, 0) is 25.3 Å². The van der Waals surface area contributed by atoms with E-state index in [2.05, 4.69) is 23.2 Å². The van der Waals surface area contributed by atoms with Crippen LogP contribution in [0.1, 0.15) is 17.8 Å². The summed E-state index contributed by atoms with van der Waals surface area (Å²) >= 11 is 1.35. The summed E-state index contributed by atoms with van der Waals surface area (Å²) in [5, 5.41) is 10.9. The van der Waals surface area contributed by atoms with E-state index in [1.54, 1.807) is 28.8 Å². The van der Waals surface area contributed by atoms with E-state index in [1.807, 2.05) is 42.5 Å². The number of aromatic nitrogens is 4. The van der Waals surface area contributed by atoms with Crippen LogP contribution in [0.5, 0.6) is 0 Å². The van der Waals surface area contributed by atoms with Crippen LogP contribution in [0.3, 0.4) is 0 Å². The van der Waals surface area contributed by atoms with Crippen molar-refractivity contribution in [1.29, 1.82) is 5.26 Å². The van der Waals surface area contributed by atoms with Crippen molar-refractivity contribution in [1.82, 2.24) is 19.1 Å². The fourth-order valence-electron chi connectivity index (χ4n) is 4.23. The minimum absolute atomic E-state index is 0.0861. The average Bonchev–Trinajstić information content (AvgIpc) is 2.91. The largest absolute Gasteiger partial charge is 0.287 e. The van der Waals surface area contributed by atoms with Gasteiger partial charge in [-0.15, -0.1) is 0 Å². The van der Waals surface area contributed by atoms with E-state index in [1.165, 1.54) is 21.9 Å². The lowest BCUT2D eigenvalue weighted by atomic mass is 10.1. The molecule has 0 bridgehead atoms. The number of nitrogens with zero attached hydrogens (tertiary/aromatic N) is 5. The van der Waals surface area contributed by atoms with Crippen LogP contribution in [-0.4, -0.2) is 19.1 Å². The molecule has 5 aromatic rings. The molecule has 0 aliphatic rings. The van der Waals surface area contributed by atoms with Crippen LogP contribution < -0.4 is 11.1 Å². The van der Waals surface area contributed by atoms with Crippen LogP contribution in [0.4, 0.5) is 0 Å². The standard InChI is InChI=1S/C28H23N5O2S/c29-16-18-32-25(30-23-14-6-4-12-21(23)26(32)34)19-36-28-31-24-15-7-5-13-22(24)27(35)33(28)17-8-11-20-9-2-1-3-10-20/h1-7,9-10,12-15H,8,11,17-19H2. The number of para-hydroxylation sites is 2. The molecule has 0 unspecified atom stereocenters. The average molecular weight is 494 g/mol. The summed E-state index contributed by atoms with van der Waals surface area (Å²) in [6, 6.07) is 26.7. The molecular formula is C28H23N5O2S. The van der Waals surface area contributed by atoms with E-state index in [-0.39, 0.29) is 17.7 Å². The van der Waals surface area contributed by atoms with Gasteiger partial charge in [-0.05, 0) is 42.7 Å². The van der Waals surface area contributed by atoms with Gasteiger partial charge >= 0.3 is 0 Å². The zero-order valence-corrected chi connectivity index (χ0v) is 20.3. The van der Waals surface area contributed by atoms with Crippen molar-refractivity contribution in [2.24, 2.45) is 0 Å². The van der Waals surface area contributed by atoms with Gasteiger partial charge in [0.05, 0.1) is 33.6 Å². The number of fused-ring (bicyclic) bond motifs is 2. The van der Waals surface area contributed by atoms with E-state index in [0.29, 0.717) is 45.1 Å². The van der Waals surface area contributed by atoms with Gasteiger partial charge in [0.2, 0.25) is 0 Å². The first-order valence-corrected chi connectivity index (χ1v) is 12.7. The zero-order valence-electron chi connectivity index (χ0n) is 19.5. The number of aryl methyl sites for hydroxylation is 1. The molecule has 36 heavy (non-hydrogen) atoms. The summed E-state index contributed by atoms with van der Waals surface area (Å²) in [5.74, 6) is 0.772. The second-order valence-corrected chi connectivity index (χ2v) is 9.28. The Kier molecular flexibility index (Phi) is 6.92. The molecule has 3 aromatic carbocycles. The molecule has 0 N–H and O–H groups in total. The van der Waals surface area contributed by atoms with Gasteiger partial charge in [0.25, 0.3) is 11.1 Å². The summed E-state index contributed by atoms with van der Waals surface area (Å²) in [5.41, 5.74) is 2.10. The lowest BCUT2D eigenvalue weighted by Crippen LogP contribution is -2.26. The summed E-state index contributed by atoms with van der Waals surface area (Å²) in [7, 11) is 0. The second-order valence-electron chi connectivity index (χ2n) is 8.34. The normalized spacial score (nSPS) is 11.1. The Morgan fingerprint density at radius 3 is 2.08 bits per heavy atom. The summed E-state index contributed by atoms with van der Waals surface area (Å²) in [6.07, 6.45) is 1.63. The SMILES string of the molecule is N#CCn1c(CSc2nc3ccccc3c(=O)n2CCCc2ccccc2)nc2ccccc2c1=O. The summed E-state index contributed by atoms with van der Waals surface area (Å²) in [6.45, 7) is 0.422. The van der Waals surface area contributed by atoms with Crippen LogP contribution in [0.25, 0.3) is 21.8 Å². The molecule has 0 amide bonds. The monoisotopic (exact) mass is 493 g/mol. The molecule has 0 aliphatic heterocycles. The molecule has 8 heteroatoms. The highest BCUT2D eigenvalue weighted by atomic mass is 32.2. The number of rotatable bonds is 8. The Labute approximate surface area is 211 Å². The fourth-order valence-corrected chi connectivity index (χ4v) is 5.20. The van der Waals surface area contributed by atoms with E-state index >= 15 is 0 Å². The van der Waals surface area contributed by atoms with E-state index in [4.69, 9.17) is 4.98 Å². The van der Waals surface area contributed by atoms with Crippen molar-refractivity contribution in [3.63, 3.8) is 0 Å². The highest BCUT2D eigenvalue weighted by molar-refractivity contribution is 7.98. The van der Waals surface area contributed by atoms with Gasteiger partial charge in [0.15, 0.2) is 5.16 Å². The Morgan fingerprint density at radius 1 is 0.778 bits per heavy atom. The minimum Gasteiger partial charge on any atom is -0.287 e. The van der Waals surface area contributed by atoms with Crippen LogP contribution in [0, 0.1) is 11.3 Å². The van der Waals surface area contributed by atoms with Crippen molar-refractivity contribution in [2.45, 2.75) is 36.8 Å². The van der Waals surface area contributed by atoms with Crippen LogP contribution in [0.2, 0.25) is 0 Å². The maximum absolute atomic E-state index is 13.4. The van der Waals surface area contributed by atoms with Gasteiger partial charge in [-0.25, -0.2) is 9.97 Å². The number of hydrogen-bond acceptors (Lipinski definition) is 6. The molecule has 5 rings (SSSR count). The van der Waals surface area contributed by atoms with Crippen LogP contribution >= 0.6 is 11.8 Å². The van der Waals surface area contributed by atoms with Gasteiger partial charge in [-0.1, -0.05) is 66.4 Å². The smallest absolute Gasteiger partial charge is 0.262 e. The number of benzene rings is 3. The fraction of sp³-hybridized carbons (Fsp3) is 0.179. The van der Waals surface area contributed by atoms with Gasteiger partial charge < -0.3 is 0 Å². The first kappa shape index (κ1) is 23.5. The Morgan fingerprint density at radius 2 is 1.39 bits per heavy atom. The molecule has 7 nitrogen and oxygen atoms in total. The molecule has 2 aromatic heterocycles. The quantitative estimate of drug-likeness (QED) is 0.232. The lowest BCUT2D eigenvalue weighted by molar-refractivity contribution is 0.563. The maximum atomic E-state index is 13.4. The molecule has 0 saturated heterocycles. The van der Waals surface area contributed by atoms with Crippen molar-refractivity contribution < 1.29 is 0 Å². The first-order valence-electron chi connectivity index (χ1n) is 11.7. The molecule has 0 atom stereocenters. The molecule has 0 fully saturated rings. The highest BCUT2D eigenvalue weighted by Gasteiger charge is 2.15. The maximum Gasteiger partial charge on any atom is 0.262 e. The Balaban J connectivity index is 1.49. The highest BCUT2D eigenvalue weighted by Crippen LogP contribution is 2.23. The van der Waals surface area contributed by atoms with Gasteiger partial charge in [-0.2, -0.15) is 5.26 Å². The molecule has 0 radical (unpaired) electrons. The Bertz CT molecular complexity index is 1700. The second kappa shape index (κ2) is 10.6. The third-order valence-corrected chi connectivity index (χ3v) is 6.99. The van der Waals surface area contributed by atoms with Crippen molar-refractivity contribution in [2.75, 3.05) is 0 Å². The molecule has 0 aliphatic carbocycles. The summed E-state index contributed by atoms with van der Waals surface area (Å²) in [4.78, 5) is 35.9. The predicted octanol–water partition coefficient (Wildman–Crippen LogP) is 4.56. The topological polar surface area (TPSA) is 93.6 Å². The lowest BCUT2D eigenvalue weighted by Gasteiger charge is -2.14. The summed E-state index contributed by atoms with van der Waals surface area (Å²) < 4.78 is 3.11. The molecule has 2 heterocycles. The van der Waals surface area contributed by atoms with Crippen LogP contribution in [0.15, 0.2) is 93.6 Å². The van der Waals surface area contributed by atoms with E-state index in [9.17, 15) is 14.9 Å². The van der Waals surface area contributed by atoms with Crippen molar-refractivity contribution in [3.05, 3.63) is 111 Å². The van der Waals surface area contributed by atoms with E-state index < -0.39 is 0 Å². The third kappa shape index (κ3) is 4.79. The van der Waals surface area contributed by atoms with Gasteiger partial charge in [0.1, 0.15) is 12.4 Å². The Hall–Kier alpha value is -4.22. The van der Waals surface area contributed by atoms with Crippen molar-refractivity contribution in [3.8, 4) is 6.07 Å². The molecule has 0 spiro atoms. The number of thioether (sulfide) groups is 1. The number of hydrogen-bond donors (Lipinski definition) is 0. The number of nitriles is 1. The van der Waals surface area contributed by atoms with Gasteiger partial charge in [0, 0.05) is 6.54 Å². The molecule has 0 saturated carbocycles. The molecule has 178 valence electrons. The van der Waals surface area contributed by atoms with E-state index in [0.717, 1.165) is 12.8 Å². The first-order chi connectivity index (χ1) is 17.7. The van der Waals surface area contributed by atoms with Crippen molar-refractivity contribution >= 4 is 33.6 Å².